The van der Waals surface area contributed by atoms with Gasteiger partial charge < -0.3 is 13.7 Å². The fourth-order valence-electron chi connectivity index (χ4n) is 3.72. The maximum absolute atomic E-state index is 6.09. The lowest BCUT2D eigenvalue weighted by atomic mass is 10.0. The molecule has 0 radical (unpaired) electrons. The molecule has 0 amide bonds. The molecule has 2 aromatic heterocycles. The molecule has 3 atom stereocenters. The second-order valence-electron chi connectivity index (χ2n) is 5.95. The van der Waals surface area contributed by atoms with E-state index >= 15 is 0 Å². The van der Waals surface area contributed by atoms with Gasteiger partial charge in [0.25, 0.3) is 0 Å². The molecule has 6 heteroatoms. The predicted octanol–water partition coefficient (Wildman–Crippen LogP) is 1.55. The molecule has 4 rings (SSSR count). The van der Waals surface area contributed by atoms with Gasteiger partial charge in [0.15, 0.2) is 0 Å². The summed E-state index contributed by atoms with van der Waals surface area (Å²) in [5.74, 6) is 1.59. The first-order valence-electron chi connectivity index (χ1n) is 7.60. The Balaban J connectivity index is 1.44. The van der Waals surface area contributed by atoms with E-state index in [1.54, 1.807) is 18.9 Å². The van der Waals surface area contributed by atoms with Crippen LogP contribution in [0, 0.1) is 5.92 Å². The van der Waals surface area contributed by atoms with E-state index in [4.69, 9.17) is 9.15 Å². The number of furan rings is 1. The minimum Gasteiger partial charge on any atom is -0.468 e. The molecule has 2 aliphatic rings. The van der Waals surface area contributed by atoms with Crippen LogP contribution < -0.4 is 0 Å². The van der Waals surface area contributed by atoms with Crippen molar-refractivity contribution in [1.29, 1.82) is 0 Å². The van der Waals surface area contributed by atoms with Crippen LogP contribution in [0.5, 0.6) is 0 Å². The van der Waals surface area contributed by atoms with Crippen LogP contribution in [-0.4, -0.2) is 45.0 Å². The summed E-state index contributed by atoms with van der Waals surface area (Å²) in [6, 6.07) is 4.51. The van der Waals surface area contributed by atoms with Crippen molar-refractivity contribution in [1.82, 2.24) is 19.7 Å². The quantitative estimate of drug-likeness (QED) is 0.854. The van der Waals surface area contributed by atoms with Crippen LogP contribution in [0.4, 0.5) is 0 Å². The van der Waals surface area contributed by atoms with Crippen LogP contribution >= 0.6 is 0 Å². The summed E-state index contributed by atoms with van der Waals surface area (Å²) in [4.78, 5) is 2.51. The first-order chi connectivity index (χ1) is 10.4. The lowest BCUT2D eigenvalue weighted by molar-refractivity contribution is -0.0801. The van der Waals surface area contributed by atoms with Crippen LogP contribution in [0.15, 0.2) is 35.5 Å². The zero-order valence-electron chi connectivity index (χ0n) is 12.0. The van der Waals surface area contributed by atoms with Gasteiger partial charge in [0.2, 0.25) is 0 Å². The average Bonchev–Trinajstić information content (AvgIpc) is 3.22. The highest BCUT2D eigenvalue weighted by molar-refractivity contribution is 5.01. The molecular formula is C15H20N4O2. The summed E-state index contributed by atoms with van der Waals surface area (Å²) in [5.41, 5.74) is 0. The molecule has 1 aliphatic carbocycles. The molecule has 2 fully saturated rings. The van der Waals surface area contributed by atoms with Crippen molar-refractivity contribution in [3.05, 3.63) is 36.8 Å². The van der Waals surface area contributed by atoms with E-state index in [0.717, 1.165) is 32.0 Å². The Bertz CT molecular complexity index is 554. The molecule has 1 saturated carbocycles. The van der Waals surface area contributed by atoms with Crippen LogP contribution in [0.2, 0.25) is 0 Å². The highest BCUT2D eigenvalue weighted by Crippen LogP contribution is 2.36. The molecular weight excluding hydrogens is 268 g/mol. The zero-order chi connectivity index (χ0) is 14.1. The van der Waals surface area contributed by atoms with Crippen molar-refractivity contribution in [2.75, 3.05) is 13.2 Å². The third-order valence-corrected chi connectivity index (χ3v) is 4.69. The van der Waals surface area contributed by atoms with Gasteiger partial charge in [-0.15, -0.1) is 10.2 Å². The first kappa shape index (κ1) is 13.0. The van der Waals surface area contributed by atoms with Gasteiger partial charge in [-0.05, 0) is 25.0 Å². The number of hydrogen-bond acceptors (Lipinski definition) is 5. The monoisotopic (exact) mass is 288 g/mol. The summed E-state index contributed by atoms with van der Waals surface area (Å²) < 4.78 is 13.6. The van der Waals surface area contributed by atoms with Crippen LogP contribution in [0.3, 0.4) is 0 Å². The largest absolute Gasteiger partial charge is 0.468 e. The Hall–Kier alpha value is -1.66. The van der Waals surface area contributed by atoms with E-state index in [0.29, 0.717) is 18.1 Å². The topological polar surface area (TPSA) is 56.3 Å². The summed E-state index contributed by atoms with van der Waals surface area (Å²) in [5, 5.41) is 7.76. The molecule has 0 N–H and O–H groups in total. The molecule has 1 aliphatic heterocycles. The van der Waals surface area contributed by atoms with Crippen LogP contribution in [0.25, 0.3) is 0 Å². The number of aromatic nitrogens is 3. The van der Waals surface area contributed by atoms with Crippen LogP contribution in [-0.2, 0) is 17.8 Å². The fourth-order valence-corrected chi connectivity index (χ4v) is 3.72. The predicted molar refractivity (Wildman–Crippen MR) is 75.4 cm³/mol. The number of rotatable bonds is 4. The smallest absolute Gasteiger partial charge is 0.119 e. The molecule has 3 heterocycles. The SMILES string of the molecule is c1coc(CN2CCO[C@@H]3[C@H](Cn4cnnc4)CC[C@H]32)c1. The Morgan fingerprint density at radius 1 is 1.24 bits per heavy atom. The minimum absolute atomic E-state index is 0.316. The van der Waals surface area contributed by atoms with Gasteiger partial charge in [-0.25, -0.2) is 0 Å². The lowest BCUT2D eigenvalue weighted by Crippen LogP contribution is -2.50. The molecule has 1 saturated heterocycles. The van der Waals surface area contributed by atoms with Crippen molar-refractivity contribution < 1.29 is 9.15 Å². The van der Waals surface area contributed by atoms with E-state index in [-0.39, 0.29) is 0 Å². The molecule has 0 aromatic carbocycles. The second-order valence-corrected chi connectivity index (χ2v) is 5.95. The summed E-state index contributed by atoms with van der Waals surface area (Å²) in [6.45, 7) is 3.63. The highest BCUT2D eigenvalue weighted by atomic mass is 16.5. The maximum Gasteiger partial charge on any atom is 0.119 e. The summed E-state index contributed by atoms with van der Waals surface area (Å²) in [7, 11) is 0. The molecule has 0 unspecified atom stereocenters. The van der Waals surface area contributed by atoms with Gasteiger partial charge in [-0.2, -0.15) is 0 Å². The molecule has 6 nitrogen and oxygen atoms in total. The van der Waals surface area contributed by atoms with E-state index in [1.165, 1.54) is 12.8 Å². The molecule has 112 valence electrons. The normalized spacial score (nSPS) is 29.6. The number of morpholine rings is 1. The van der Waals surface area contributed by atoms with E-state index in [1.807, 2.05) is 12.1 Å². The van der Waals surface area contributed by atoms with Gasteiger partial charge >= 0.3 is 0 Å². The molecule has 0 bridgehead atoms. The van der Waals surface area contributed by atoms with Gasteiger partial charge in [0.05, 0.1) is 25.5 Å². The van der Waals surface area contributed by atoms with Gasteiger partial charge in [0, 0.05) is 25.0 Å². The van der Waals surface area contributed by atoms with Crippen molar-refractivity contribution in [3.8, 4) is 0 Å². The Labute approximate surface area is 123 Å². The first-order valence-corrected chi connectivity index (χ1v) is 7.60. The number of ether oxygens (including phenoxy) is 1. The third-order valence-electron chi connectivity index (χ3n) is 4.69. The van der Waals surface area contributed by atoms with E-state index in [9.17, 15) is 0 Å². The van der Waals surface area contributed by atoms with Gasteiger partial charge in [0.1, 0.15) is 18.4 Å². The standard InChI is InChI=1S/C15H20N4O2/c1-2-13(20-6-1)9-19-5-7-21-15-12(3-4-14(15)19)8-18-10-16-17-11-18/h1-2,6,10-12,14-15H,3-5,7-9H2/t12-,14+,15+/m0/s1. The van der Waals surface area contributed by atoms with Gasteiger partial charge in [-0.3, -0.25) is 4.90 Å². The van der Waals surface area contributed by atoms with Crippen molar-refractivity contribution in [2.45, 2.75) is 38.1 Å². The van der Waals surface area contributed by atoms with Gasteiger partial charge in [-0.1, -0.05) is 0 Å². The van der Waals surface area contributed by atoms with Crippen molar-refractivity contribution in [3.63, 3.8) is 0 Å². The second kappa shape index (κ2) is 5.61. The third kappa shape index (κ3) is 2.61. The highest BCUT2D eigenvalue weighted by Gasteiger charge is 2.42. The lowest BCUT2D eigenvalue weighted by Gasteiger charge is -2.38. The minimum atomic E-state index is 0.316. The Morgan fingerprint density at radius 3 is 2.95 bits per heavy atom. The number of hydrogen-bond donors (Lipinski definition) is 0. The molecule has 2 aromatic rings. The Morgan fingerprint density at radius 2 is 2.14 bits per heavy atom. The number of fused-ring (bicyclic) bond motifs is 1. The van der Waals surface area contributed by atoms with Crippen molar-refractivity contribution in [2.24, 2.45) is 5.92 Å². The Kier molecular flexibility index (Phi) is 3.48. The summed E-state index contributed by atoms with van der Waals surface area (Å²) >= 11 is 0. The average molecular weight is 288 g/mol. The van der Waals surface area contributed by atoms with Crippen LogP contribution in [0.1, 0.15) is 18.6 Å². The van der Waals surface area contributed by atoms with Crippen molar-refractivity contribution >= 4 is 0 Å². The summed E-state index contributed by atoms with van der Waals surface area (Å²) in [6.07, 6.45) is 8.03. The maximum atomic E-state index is 6.09. The van der Waals surface area contributed by atoms with E-state index in [2.05, 4.69) is 19.7 Å². The van der Waals surface area contributed by atoms with E-state index < -0.39 is 0 Å². The number of nitrogens with zero attached hydrogens (tertiary/aromatic N) is 4. The molecule has 0 spiro atoms. The fraction of sp³-hybridized carbons (Fsp3) is 0.600. The zero-order valence-corrected chi connectivity index (χ0v) is 12.0. The molecule has 21 heavy (non-hydrogen) atoms.